The number of halogens is 1. The largest absolute Gasteiger partial charge is 0.431 e. The average molecular weight is 345 g/mol. The first-order valence-electron chi connectivity index (χ1n) is 6.87. The molecule has 116 valence electrons. The van der Waals surface area contributed by atoms with Gasteiger partial charge < -0.3 is 10.1 Å². The normalized spacial score (nSPS) is 10.3. The van der Waals surface area contributed by atoms with Crippen molar-refractivity contribution in [1.82, 2.24) is 4.98 Å². The highest BCUT2D eigenvalue weighted by molar-refractivity contribution is 7.11. The Morgan fingerprint density at radius 1 is 1.22 bits per heavy atom. The summed E-state index contributed by atoms with van der Waals surface area (Å²) in [5.74, 6) is 0.431. The lowest BCUT2D eigenvalue weighted by Gasteiger charge is -2.07. The van der Waals surface area contributed by atoms with Gasteiger partial charge in [-0.25, -0.2) is 4.98 Å². The number of anilines is 1. The predicted molar refractivity (Wildman–Crippen MR) is 92.8 cm³/mol. The van der Waals surface area contributed by atoms with E-state index < -0.39 is 0 Å². The van der Waals surface area contributed by atoms with Gasteiger partial charge in [0.15, 0.2) is 0 Å². The molecule has 1 amide bonds. The van der Waals surface area contributed by atoms with E-state index in [1.807, 2.05) is 24.4 Å². The van der Waals surface area contributed by atoms with Crippen LogP contribution in [0.5, 0.6) is 10.9 Å². The number of thiazole rings is 1. The highest BCUT2D eigenvalue weighted by Crippen LogP contribution is 2.24. The van der Waals surface area contributed by atoms with E-state index >= 15 is 0 Å². The molecule has 6 heteroatoms. The second kappa shape index (κ2) is 6.81. The molecule has 0 saturated carbocycles. The predicted octanol–water partition coefficient (Wildman–Crippen LogP) is 5.15. The van der Waals surface area contributed by atoms with Crippen LogP contribution in [-0.4, -0.2) is 10.9 Å². The third-order valence-electron chi connectivity index (χ3n) is 3.16. The molecule has 23 heavy (non-hydrogen) atoms. The van der Waals surface area contributed by atoms with E-state index in [0.717, 1.165) is 5.56 Å². The van der Waals surface area contributed by atoms with Gasteiger partial charge in [-0.15, -0.1) is 0 Å². The van der Waals surface area contributed by atoms with Gasteiger partial charge in [0.25, 0.3) is 11.1 Å². The number of carbonyl (C=O) groups excluding carboxylic acids is 1. The molecule has 0 spiro atoms. The Morgan fingerprint density at radius 2 is 2.00 bits per heavy atom. The third-order valence-corrected chi connectivity index (χ3v) is 4.22. The summed E-state index contributed by atoms with van der Waals surface area (Å²) in [6.07, 6.45) is 1.68. The summed E-state index contributed by atoms with van der Waals surface area (Å²) in [6.45, 7) is 1.91. The second-order valence-corrected chi connectivity index (χ2v) is 6.11. The number of amides is 1. The monoisotopic (exact) mass is 344 g/mol. The number of benzene rings is 2. The Kier molecular flexibility index (Phi) is 4.60. The van der Waals surface area contributed by atoms with Gasteiger partial charge in [0.2, 0.25) is 0 Å². The molecule has 0 aliphatic rings. The van der Waals surface area contributed by atoms with Crippen LogP contribution in [0, 0.1) is 6.92 Å². The number of ether oxygens (including phenoxy) is 1. The molecule has 0 aliphatic carbocycles. The molecular formula is C17H13ClN2O2S. The molecule has 0 unspecified atom stereocenters. The first-order valence-corrected chi connectivity index (χ1v) is 8.12. The average Bonchev–Trinajstić information content (AvgIpc) is 3.04. The van der Waals surface area contributed by atoms with E-state index in [1.165, 1.54) is 11.3 Å². The molecule has 4 nitrogen and oxygen atoms in total. The molecule has 1 heterocycles. The highest BCUT2D eigenvalue weighted by Gasteiger charge is 2.08. The maximum Gasteiger partial charge on any atom is 0.278 e. The number of hydrogen-bond acceptors (Lipinski definition) is 4. The number of aromatic nitrogens is 1. The Hall–Kier alpha value is -2.37. The summed E-state index contributed by atoms with van der Waals surface area (Å²) in [5.41, 5.74) is 2.16. The number of hydrogen-bond donors (Lipinski definition) is 1. The Balaban J connectivity index is 1.68. The molecule has 0 atom stereocenters. The van der Waals surface area contributed by atoms with Crippen molar-refractivity contribution in [2.24, 2.45) is 0 Å². The Labute approximate surface area is 142 Å². The zero-order valence-corrected chi connectivity index (χ0v) is 13.8. The molecule has 3 aromatic rings. The van der Waals surface area contributed by atoms with Crippen LogP contribution in [0.15, 0.2) is 54.0 Å². The first-order chi connectivity index (χ1) is 11.1. The van der Waals surface area contributed by atoms with Crippen LogP contribution < -0.4 is 10.1 Å². The van der Waals surface area contributed by atoms with E-state index in [9.17, 15) is 4.79 Å². The standard InChI is InChI=1S/C17H13ClN2O2S/c1-11-2-5-13(10-15(11)18)20-16(21)12-3-6-14(7-4-12)22-17-19-8-9-23-17/h2-10H,1H3,(H,20,21). The summed E-state index contributed by atoms with van der Waals surface area (Å²) in [6, 6.07) is 12.3. The van der Waals surface area contributed by atoms with Gasteiger partial charge in [0.1, 0.15) is 5.75 Å². The van der Waals surface area contributed by atoms with Crippen molar-refractivity contribution >= 4 is 34.5 Å². The molecule has 0 radical (unpaired) electrons. The van der Waals surface area contributed by atoms with Gasteiger partial charge in [-0.05, 0) is 48.9 Å². The molecule has 0 fully saturated rings. The van der Waals surface area contributed by atoms with E-state index in [1.54, 1.807) is 36.5 Å². The number of carbonyl (C=O) groups is 1. The van der Waals surface area contributed by atoms with Crippen molar-refractivity contribution in [1.29, 1.82) is 0 Å². The summed E-state index contributed by atoms with van der Waals surface area (Å²) < 4.78 is 5.56. The molecular weight excluding hydrogens is 332 g/mol. The van der Waals surface area contributed by atoms with Gasteiger partial charge in [-0.3, -0.25) is 4.79 Å². The Morgan fingerprint density at radius 3 is 2.65 bits per heavy atom. The second-order valence-electron chi connectivity index (χ2n) is 4.84. The van der Waals surface area contributed by atoms with Crippen LogP contribution in [0.25, 0.3) is 0 Å². The van der Waals surface area contributed by atoms with Crippen molar-refractivity contribution in [3.63, 3.8) is 0 Å². The maximum absolute atomic E-state index is 12.2. The molecule has 1 aromatic heterocycles. The van der Waals surface area contributed by atoms with Gasteiger partial charge in [-0.2, -0.15) is 0 Å². The fraction of sp³-hybridized carbons (Fsp3) is 0.0588. The lowest BCUT2D eigenvalue weighted by Crippen LogP contribution is -2.11. The van der Waals surface area contributed by atoms with Crippen LogP contribution in [0.2, 0.25) is 5.02 Å². The van der Waals surface area contributed by atoms with Crippen LogP contribution in [0.4, 0.5) is 5.69 Å². The van der Waals surface area contributed by atoms with Gasteiger partial charge >= 0.3 is 0 Å². The SMILES string of the molecule is Cc1ccc(NC(=O)c2ccc(Oc3nccs3)cc2)cc1Cl. The topological polar surface area (TPSA) is 51.2 Å². The van der Waals surface area contributed by atoms with Crippen molar-refractivity contribution in [3.8, 4) is 10.9 Å². The summed E-state index contributed by atoms with van der Waals surface area (Å²) in [7, 11) is 0. The van der Waals surface area contributed by atoms with Crippen LogP contribution in [0.3, 0.4) is 0 Å². The Bertz CT molecular complexity index is 817. The van der Waals surface area contributed by atoms with Crippen LogP contribution in [-0.2, 0) is 0 Å². The molecule has 0 aliphatic heterocycles. The molecule has 2 aromatic carbocycles. The lowest BCUT2D eigenvalue weighted by atomic mass is 10.2. The van der Waals surface area contributed by atoms with Crippen molar-refractivity contribution in [3.05, 3.63) is 70.2 Å². The van der Waals surface area contributed by atoms with Crippen molar-refractivity contribution in [2.75, 3.05) is 5.32 Å². The van der Waals surface area contributed by atoms with Gasteiger partial charge in [0, 0.05) is 27.9 Å². The first kappa shape index (κ1) is 15.5. The van der Waals surface area contributed by atoms with Crippen LogP contribution in [0.1, 0.15) is 15.9 Å². The van der Waals surface area contributed by atoms with Crippen molar-refractivity contribution in [2.45, 2.75) is 6.92 Å². The fourth-order valence-corrected chi connectivity index (χ4v) is 2.59. The van der Waals surface area contributed by atoms with E-state index in [-0.39, 0.29) is 5.91 Å². The van der Waals surface area contributed by atoms with Crippen LogP contribution >= 0.6 is 22.9 Å². The number of nitrogens with zero attached hydrogens (tertiary/aromatic N) is 1. The van der Waals surface area contributed by atoms with E-state index in [0.29, 0.717) is 27.2 Å². The molecule has 1 N–H and O–H groups in total. The lowest BCUT2D eigenvalue weighted by molar-refractivity contribution is 0.102. The minimum Gasteiger partial charge on any atom is -0.431 e. The zero-order chi connectivity index (χ0) is 16.2. The van der Waals surface area contributed by atoms with Gasteiger partial charge in [-0.1, -0.05) is 29.0 Å². The minimum atomic E-state index is -0.203. The number of nitrogens with one attached hydrogen (secondary N) is 1. The van der Waals surface area contributed by atoms with E-state index in [4.69, 9.17) is 16.3 Å². The summed E-state index contributed by atoms with van der Waals surface area (Å²) >= 11 is 7.47. The summed E-state index contributed by atoms with van der Waals surface area (Å²) in [5, 5.41) is 5.84. The third kappa shape index (κ3) is 3.88. The number of rotatable bonds is 4. The molecule has 0 saturated heterocycles. The molecule has 3 rings (SSSR count). The van der Waals surface area contributed by atoms with Crippen molar-refractivity contribution < 1.29 is 9.53 Å². The maximum atomic E-state index is 12.2. The highest BCUT2D eigenvalue weighted by atomic mass is 35.5. The fourth-order valence-electron chi connectivity index (χ4n) is 1.91. The summed E-state index contributed by atoms with van der Waals surface area (Å²) in [4.78, 5) is 16.3. The van der Waals surface area contributed by atoms with E-state index in [2.05, 4.69) is 10.3 Å². The van der Waals surface area contributed by atoms with Gasteiger partial charge in [0.05, 0.1) is 0 Å². The quantitative estimate of drug-likeness (QED) is 0.712. The number of aryl methyl sites for hydroxylation is 1. The minimum absolute atomic E-state index is 0.203. The smallest absolute Gasteiger partial charge is 0.278 e. The zero-order valence-electron chi connectivity index (χ0n) is 12.2. The molecule has 0 bridgehead atoms.